The predicted molar refractivity (Wildman–Crippen MR) is 76.5 cm³/mol. The molecule has 1 aromatic carbocycles. The first kappa shape index (κ1) is 14.0. The quantitative estimate of drug-likeness (QED) is 0.794. The van der Waals surface area contributed by atoms with Crippen LogP contribution in [0.1, 0.15) is 29.5 Å². The van der Waals surface area contributed by atoms with Crippen LogP contribution in [0.3, 0.4) is 0 Å². The summed E-state index contributed by atoms with van der Waals surface area (Å²) >= 11 is 0. The van der Waals surface area contributed by atoms with E-state index in [0.717, 1.165) is 6.42 Å². The number of hydrogen-bond donors (Lipinski definition) is 2. The van der Waals surface area contributed by atoms with Crippen molar-refractivity contribution in [2.45, 2.75) is 19.9 Å². The molecular formula is C15H18N2O3. The highest BCUT2D eigenvalue weighted by molar-refractivity contribution is 5.95. The maximum Gasteiger partial charge on any atom is 0.251 e. The Bertz CT molecular complexity index is 565. The highest BCUT2D eigenvalue weighted by Crippen LogP contribution is 2.23. The number of nitrogens with one attached hydrogen (secondary N) is 1. The van der Waals surface area contributed by atoms with Gasteiger partial charge in [-0.25, -0.2) is 0 Å². The molecule has 0 aliphatic carbocycles. The summed E-state index contributed by atoms with van der Waals surface area (Å²) in [6.07, 6.45) is 2.45. The average molecular weight is 274 g/mol. The van der Waals surface area contributed by atoms with Gasteiger partial charge in [0.05, 0.1) is 25.1 Å². The molecule has 20 heavy (non-hydrogen) atoms. The molecule has 5 nitrogen and oxygen atoms in total. The summed E-state index contributed by atoms with van der Waals surface area (Å²) in [4.78, 5) is 12.0. The number of carbonyl (C=O) groups excluding carboxylic acids is 1. The van der Waals surface area contributed by atoms with E-state index in [-0.39, 0.29) is 5.91 Å². The topological polar surface area (TPSA) is 77.5 Å². The molecule has 0 aliphatic rings. The van der Waals surface area contributed by atoms with E-state index in [1.54, 1.807) is 36.6 Å². The predicted octanol–water partition coefficient (Wildman–Crippen LogP) is 2.58. The van der Waals surface area contributed by atoms with Crippen molar-refractivity contribution in [1.82, 2.24) is 5.32 Å². The Kier molecular flexibility index (Phi) is 4.65. The normalized spacial score (nSPS) is 10.2. The number of carbonyl (C=O) groups is 1. The molecule has 2 rings (SSSR count). The lowest BCUT2D eigenvalue weighted by atomic mass is 10.1. The standard InChI is InChI=1S/C15H18N2O3/c1-2-7-20-14-9-11(5-6-13(14)16)15(18)17-10-12-4-3-8-19-12/h3-6,8-9H,2,7,10,16H2,1H3,(H,17,18). The maximum absolute atomic E-state index is 12.0. The van der Waals surface area contributed by atoms with Gasteiger partial charge < -0.3 is 20.2 Å². The van der Waals surface area contributed by atoms with Gasteiger partial charge in [0.2, 0.25) is 0 Å². The van der Waals surface area contributed by atoms with E-state index in [1.807, 2.05) is 6.92 Å². The van der Waals surface area contributed by atoms with Gasteiger partial charge in [-0.15, -0.1) is 0 Å². The van der Waals surface area contributed by atoms with Gasteiger partial charge in [0.25, 0.3) is 5.91 Å². The minimum atomic E-state index is -0.192. The Labute approximate surface area is 117 Å². The summed E-state index contributed by atoms with van der Waals surface area (Å²) in [6.45, 7) is 2.93. The van der Waals surface area contributed by atoms with Crippen LogP contribution in [-0.2, 0) is 6.54 Å². The zero-order chi connectivity index (χ0) is 14.4. The smallest absolute Gasteiger partial charge is 0.251 e. The molecule has 0 fully saturated rings. The van der Waals surface area contributed by atoms with Crippen molar-refractivity contribution in [2.24, 2.45) is 0 Å². The number of ether oxygens (including phenoxy) is 1. The Morgan fingerprint density at radius 1 is 1.40 bits per heavy atom. The third kappa shape index (κ3) is 3.54. The number of furan rings is 1. The van der Waals surface area contributed by atoms with Crippen LogP contribution < -0.4 is 15.8 Å². The minimum Gasteiger partial charge on any atom is -0.491 e. The van der Waals surface area contributed by atoms with E-state index in [9.17, 15) is 4.79 Å². The molecule has 1 aromatic heterocycles. The summed E-state index contributed by atoms with van der Waals surface area (Å²) in [5, 5.41) is 2.78. The van der Waals surface area contributed by atoms with Crippen molar-refractivity contribution in [3.63, 3.8) is 0 Å². The lowest BCUT2D eigenvalue weighted by Gasteiger charge is -2.10. The SMILES string of the molecule is CCCOc1cc(C(=O)NCc2ccco2)ccc1N. The van der Waals surface area contributed by atoms with Crippen LogP contribution in [0.5, 0.6) is 5.75 Å². The molecule has 3 N–H and O–H groups in total. The highest BCUT2D eigenvalue weighted by Gasteiger charge is 2.09. The molecule has 0 aliphatic heterocycles. The minimum absolute atomic E-state index is 0.192. The Hall–Kier alpha value is -2.43. The monoisotopic (exact) mass is 274 g/mol. The van der Waals surface area contributed by atoms with Gasteiger partial charge in [0, 0.05) is 5.56 Å². The molecule has 0 atom stereocenters. The Morgan fingerprint density at radius 2 is 2.25 bits per heavy atom. The third-order valence-corrected chi connectivity index (χ3v) is 2.74. The Balaban J connectivity index is 2.01. The number of amides is 1. The van der Waals surface area contributed by atoms with E-state index in [1.165, 1.54) is 0 Å². The van der Waals surface area contributed by atoms with Gasteiger partial charge in [-0.3, -0.25) is 4.79 Å². The highest BCUT2D eigenvalue weighted by atomic mass is 16.5. The number of rotatable bonds is 6. The number of benzene rings is 1. The summed E-state index contributed by atoms with van der Waals surface area (Å²) in [7, 11) is 0. The molecule has 0 saturated heterocycles. The van der Waals surface area contributed by atoms with Crippen molar-refractivity contribution < 1.29 is 13.9 Å². The molecule has 0 spiro atoms. The van der Waals surface area contributed by atoms with E-state index in [4.69, 9.17) is 14.9 Å². The van der Waals surface area contributed by atoms with Gasteiger partial charge in [-0.2, -0.15) is 0 Å². The lowest BCUT2D eigenvalue weighted by molar-refractivity contribution is 0.0947. The van der Waals surface area contributed by atoms with E-state index in [0.29, 0.717) is 35.9 Å². The van der Waals surface area contributed by atoms with Gasteiger partial charge >= 0.3 is 0 Å². The molecule has 2 aromatic rings. The van der Waals surface area contributed by atoms with E-state index >= 15 is 0 Å². The molecule has 0 unspecified atom stereocenters. The van der Waals surface area contributed by atoms with Crippen molar-refractivity contribution in [3.8, 4) is 5.75 Å². The van der Waals surface area contributed by atoms with Crippen molar-refractivity contribution >= 4 is 11.6 Å². The molecule has 1 heterocycles. The third-order valence-electron chi connectivity index (χ3n) is 2.74. The van der Waals surface area contributed by atoms with Gasteiger partial charge in [0.1, 0.15) is 11.5 Å². The summed E-state index contributed by atoms with van der Waals surface area (Å²) in [5.74, 6) is 1.05. The van der Waals surface area contributed by atoms with Crippen LogP contribution in [0.15, 0.2) is 41.0 Å². The fraction of sp³-hybridized carbons (Fsp3) is 0.267. The van der Waals surface area contributed by atoms with Crippen LogP contribution in [0, 0.1) is 0 Å². The second-order valence-corrected chi connectivity index (χ2v) is 4.36. The zero-order valence-corrected chi connectivity index (χ0v) is 11.4. The van der Waals surface area contributed by atoms with Crippen LogP contribution >= 0.6 is 0 Å². The second kappa shape index (κ2) is 6.65. The summed E-state index contributed by atoms with van der Waals surface area (Å²) < 4.78 is 10.7. The molecule has 1 amide bonds. The van der Waals surface area contributed by atoms with Crippen LogP contribution in [0.4, 0.5) is 5.69 Å². The first-order valence-electron chi connectivity index (χ1n) is 6.53. The summed E-state index contributed by atoms with van der Waals surface area (Å²) in [6, 6.07) is 8.58. The number of hydrogen-bond acceptors (Lipinski definition) is 4. The second-order valence-electron chi connectivity index (χ2n) is 4.36. The van der Waals surface area contributed by atoms with Gasteiger partial charge in [0.15, 0.2) is 0 Å². The fourth-order valence-electron chi connectivity index (χ4n) is 1.70. The first-order valence-corrected chi connectivity index (χ1v) is 6.53. The van der Waals surface area contributed by atoms with E-state index in [2.05, 4.69) is 5.32 Å². The fourth-order valence-corrected chi connectivity index (χ4v) is 1.70. The van der Waals surface area contributed by atoms with E-state index < -0.39 is 0 Å². The molecular weight excluding hydrogens is 256 g/mol. The van der Waals surface area contributed by atoms with Crippen molar-refractivity contribution in [2.75, 3.05) is 12.3 Å². The van der Waals surface area contributed by atoms with Crippen molar-refractivity contribution in [1.29, 1.82) is 0 Å². The van der Waals surface area contributed by atoms with Crippen LogP contribution in [0.25, 0.3) is 0 Å². The van der Waals surface area contributed by atoms with Gasteiger partial charge in [-0.05, 0) is 36.8 Å². The van der Waals surface area contributed by atoms with Crippen molar-refractivity contribution in [3.05, 3.63) is 47.9 Å². The first-order chi connectivity index (χ1) is 9.70. The number of anilines is 1. The van der Waals surface area contributed by atoms with Gasteiger partial charge in [-0.1, -0.05) is 6.92 Å². The van der Waals surface area contributed by atoms with Crippen LogP contribution in [-0.4, -0.2) is 12.5 Å². The molecule has 0 radical (unpaired) electrons. The number of nitrogen functional groups attached to an aromatic ring is 1. The Morgan fingerprint density at radius 3 is 2.95 bits per heavy atom. The largest absolute Gasteiger partial charge is 0.491 e. The molecule has 0 bridgehead atoms. The lowest BCUT2D eigenvalue weighted by Crippen LogP contribution is -2.22. The molecule has 106 valence electrons. The molecule has 0 saturated carbocycles. The average Bonchev–Trinajstić information content (AvgIpc) is 2.97. The molecule has 5 heteroatoms. The number of nitrogens with two attached hydrogens (primary N) is 1. The maximum atomic E-state index is 12.0. The summed E-state index contributed by atoms with van der Waals surface area (Å²) in [5.41, 5.74) is 6.85. The zero-order valence-electron chi connectivity index (χ0n) is 11.4. The van der Waals surface area contributed by atoms with Crippen LogP contribution in [0.2, 0.25) is 0 Å².